The van der Waals surface area contributed by atoms with E-state index in [1.54, 1.807) is 0 Å². The fourth-order valence-corrected chi connectivity index (χ4v) is 0.723. The number of primary amides is 1. The van der Waals surface area contributed by atoms with Crippen molar-refractivity contribution in [2.45, 2.75) is 26.2 Å². The molecule has 4 heteroatoms. The smallest absolute Gasteiger partial charge is 0.330 e. The normalized spacial score (nSPS) is 10.2. The number of hydrogen-bond donors (Lipinski definition) is 1. The highest BCUT2D eigenvalue weighted by atomic mass is 16.5. The molecule has 74 valence electrons. The van der Waals surface area contributed by atoms with Crippen LogP contribution in [0.15, 0.2) is 12.2 Å². The number of ether oxygens (including phenoxy) is 1. The molecule has 2 N–H and O–H groups in total. The van der Waals surface area contributed by atoms with Crippen LogP contribution in [0.1, 0.15) is 26.2 Å². The van der Waals surface area contributed by atoms with E-state index in [0.29, 0.717) is 6.61 Å². The molecule has 0 aliphatic rings. The van der Waals surface area contributed by atoms with Crippen molar-refractivity contribution in [1.82, 2.24) is 0 Å². The highest BCUT2D eigenvalue weighted by Gasteiger charge is 1.96. The lowest BCUT2D eigenvalue weighted by Gasteiger charge is -1.99. The second-order valence-corrected chi connectivity index (χ2v) is 2.61. The van der Waals surface area contributed by atoms with Gasteiger partial charge in [-0.15, -0.1) is 0 Å². The Hall–Kier alpha value is -1.32. The van der Waals surface area contributed by atoms with Gasteiger partial charge in [0.1, 0.15) is 0 Å². The minimum Gasteiger partial charge on any atom is -0.463 e. The minimum atomic E-state index is -0.648. The Morgan fingerprint density at radius 3 is 2.54 bits per heavy atom. The molecule has 0 rings (SSSR count). The van der Waals surface area contributed by atoms with Crippen LogP contribution in [0.2, 0.25) is 0 Å². The summed E-state index contributed by atoms with van der Waals surface area (Å²) in [5.74, 6) is -1.17. The third-order valence-corrected chi connectivity index (χ3v) is 1.38. The van der Waals surface area contributed by atoms with Gasteiger partial charge >= 0.3 is 5.97 Å². The molecule has 0 saturated carbocycles. The summed E-state index contributed by atoms with van der Waals surface area (Å²) in [7, 11) is 0. The van der Waals surface area contributed by atoms with Crippen molar-refractivity contribution in [3.05, 3.63) is 12.2 Å². The van der Waals surface area contributed by atoms with Crippen LogP contribution in [0.5, 0.6) is 0 Å². The van der Waals surface area contributed by atoms with Gasteiger partial charge in [0, 0.05) is 12.2 Å². The third-order valence-electron chi connectivity index (χ3n) is 1.38. The average Bonchev–Trinajstić information content (AvgIpc) is 2.09. The summed E-state index contributed by atoms with van der Waals surface area (Å²) in [5.41, 5.74) is 4.78. The Balaban J connectivity index is 3.46. The Labute approximate surface area is 77.7 Å². The molecule has 0 aromatic rings. The van der Waals surface area contributed by atoms with Crippen LogP contribution in [-0.4, -0.2) is 18.5 Å². The summed E-state index contributed by atoms with van der Waals surface area (Å²) in [6, 6.07) is 0. The van der Waals surface area contributed by atoms with Gasteiger partial charge in [0.15, 0.2) is 0 Å². The van der Waals surface area contributed by atoms with E-state index in [9.17, 15) is 9.59 Å². The first-order valence-electron chi connectivity index (χ1n) is 4.31. The predicted octanol–water partition coefficient (Wildman–Crippen LogP) is 0.761. The Kier molecular flexibility index (Phi) is 6.59. The maximum Gasteiger partial charge on any atom is 0.330 e. The van der Waals surface area contributed by atoms with Gasteiger partial charge in [0.25, 0.3) is 0 Å². The summed E-state index contributed by atoms with van der Waals surface area (Å²) >= 11 is 0. The molecule has 0 aromatic heterocycles. The van der Waals surface area contributed by atoms with Crippen LogP contribution < -0.4 is 5.73 Å². The molecule has 13 heavy (non-hydrogen) atoms. The second-order valence-electron chi connectivity index (χ2n) is 2.61. The van der Waals surface area contributed by atoms with E-state index in [1.807, 2.05) is 0 Å². The number of carbonyl (C=O) groups is 2. The van der Waals surface area contributed by atoms with E-state index in [-0.39, 0.29) is 0 Å². The van der Waals surface area contributed by atoms with Gasteiger partial charge in [0.2, 0.25) is 5.91 Å². The number of carbonyl (C=O) groups excluding carboxylic acids is 2. The van der Waals surface area contributed by atoms with Crippen molar-refractivity contribution < 1.29 is 14.3 Å². The largest absolute Gasteiger partial charge is 0.463 e. The highest BCUT2D eigenvalue weighted by Crippen LogP contribution is 1.94. The number of rotatable bonds is 6. The SMILES string of the molecule is CCCCCOC(=O)/C=C\C(N)=O. The van der Waals surface area contributed by atoms with Crippen LogP contribution in [0.3, 0.4) is 0 Å². The van der Waals surface area contributed by atoms with E-state index in [4.69, 9.17) is 10.5 Å². The summed E-state index contributed by atoms with van der Waals surface area (Å²) in [4.78, 5) is 21.0. The molecule has 0 aliphatic carbocycles. The van der Waals surface area contributed by atoms with E-state index in [1.165, 1.54) is 0 Å². The third kappa shape index (κ3) is 8.59. The first-order valence-corrected chi connectivity index (χ1v) is 4.31. The Morgan fingerprint density at radius 2 is 2.00 bits per heavy atom. The molecule has 0 atom stereocenters. The van der Waals surface area contributed by atoms with E-state index in [2.05, 4.69) is 6.92 Å². The Morgan fingerprint density at radius 1 is 1.31 bits per heavy atom. The summed E-state index contributed by atoms with van der Waals surface area (Å²) in [6.45, 7) is 2.46. The van der Waals surface area contributed by atoms with Crippen molar-refractivity contribution in [1.29, 1.82) is 0 Å². The first kappa shape index (κ1) is 11.7. The van der Waals surface area contributed by atoms with Gasteiger partial charge < -0.3 is 10.5 Å². The number of esters is 1. The molecule has 0 fully saturated rings. The molecule has 1 amide bonds. The molecular formula is C9H15NO3. The monoisotopic (exact) mass is 185 g/mol. The standard InChI is InChI=1S/C9H15NO3/c1-2-3-4-7-13-9(12)6-5-8(10)11/h5-6H,2-4,7H2,1H3,(H2,10,11)/b6-5-. The Bertz CT molecular complexity index is 199. The zero-order valence-electron chi connectivity index (χ0n) is 7.79. The van der Waals surface area contributed by atoms with Gasteiger partial charge in [-0.1, -0.05) is 19.8 Å². The van der Waals surface area contributed by atoms with Crippen molar-refractivity contribution >= 4 is 11.9 Å². The summed E-state index contributed by atoms with van der Waals surface area (Å²) in [5, 5.41) is 0. The lowest BCUT2D eigenvalue weighted by Crippen LogP contribution is -2.08. The van der Waals surface area contributed by atoms with Crippen molar-refractivity contribution in [2.75, 3.05) is 6.61 Å². The molecule has 0 saturated heterocycles. The van der Waals surface area contributed by atoms with Gasteiger partial charge in [-0.25, -0.2) is 4.79 Å². The van der Waals surface area contributed by atoms with Gasteiger partial charge in [0.05, 0.1) is 6.61 Å². The van der Waals surface area contributed by atoms with Crippen molar-refractivity contribution in [3.8, 4) is 0 Å². The molecule has 0 aromatic carbocycles. The molecule has 4 nitrogen and oxygen atoms in total. The minimum absolute atomic E-state index is 0.399. The number of amides is 1. The fourth-order valence-electron chi connectivity index (χ4n) is 0.723. The van der Waals surface area contributed by atoms with Crippen molar-refractivity contribution in [2.24, 2.45) is 5.73 Å². The van der Waals surface area contributed by atoms with Crippen LogP contribution in [0, 0.1) is 0 Å². The zero-order valence-corrected chi connectivity index (χ0v) is 7.79. The summed E-state index contributed by atoms with van der Waals surface area (Å²) < 4.78 is 4.76. The first-order chi connectivity index (χ1) is 6.16. The van der Waals surface area contributed by atoms with Crippen LogP contribution in [0.4, 0.5) is 0 Å². The number of nitrogens with two attached hydrogens (primary N) is 1. The van der Waals surface area contributed by atoms with Crippen LogP contribution >= 0.6 is 0 Å². The lowest BCUT2D eigenvalue weighted by atomic mass is 10.3. The molecule has 0 unspecified atom stereocenters. The van der Waals surface area contributed by atoms with E-state index in [0.717, 1.165) is 31.4 Å². The summed E-state index contributed by atoms with van der Waals surface area (Å²) in [6.07, 6.45) is 4.99. The van der Waals surface area contributed by atoms with E-state index >= 15 is 0 Å². The van der Waals surface area contributed by atoms with Gasteiger partial charge in [-0.2, -0.15) is 0 Å². The molecule has 0 bridgehead atoms. The molecular weight excluding hydrogens is 170 g/mol. The predicted molar refractivity (Wildman–Crippen MR) is 48.8 cm³/mol. The molecule has 0 radical (unpaired) electrons. The molecule has 0 spiro atoms. The lowest BCUT2D eigenvalue weighted by molar-refractivity contribution is -0.138. The maximum absolute atomic E-state index is 10.8. The quantitative estimate of drug-likeness (QED) is 0.377. The maximum atomic E-state index is 10.8. The van der Waals surface area contributed by atoms with E-state index < -0.39 is 11.9 Å². The van der Waals surface area contributed by atoms with Crippen LogP contribution in [0.25, 0.3) is 0 Å². The average molecular weight is 185 g/mol. The zero-order chi connectivity index (χ0) is 10.1. The second kappa shape index (κ2) is 7.34. The highest BCUT2D eigenvalue weighted by molar-refractivity contribution is 5.93. The number of unbranched alkanes of at least 4 members (excludes halogenated alkanes) is 2. The fraction of sp³-hybridized carbons (Fsp3) is 0.556. The van der Waals surface area contributed by atoms with Gasteiger partial charge in [-0.3, -0.25) is 4.79 Å². The topological polar surface area (TPSA) is 69.4 Å². The number of hydrogen-bond acceptors (Lipinski definition) is 3. The molecule has 0 aliphatic heterocycles. The van der Waals surface area contributed by atoms with Crippen LogP contribution in [-0.2, 0) is 14.3 Å². The van der Waals surface area contributed by atoms with Crippen molar-refractivity contribution in [3.63, 3.8) is 0 Å². The van der Waals surface area contributed by atoms with Gasteiger partial charge in [-0.05, 0) is 6.42 Å². The molecule has 0 heterocycles.